The molecule has 1 aromatic heterocycles. The molecule has 0 saturated carbocycles. The maximum Gasteiger partial charge on any atom is 1.00 e. The van der Waals surface area contributed by atoms with E-state index in [1.165, 1.54) is 26.4 Å². The van der Waals surface area contributed by atoms with Crippen molar-refractivity contribution in [3.63, 3.8) is 0 Å². The summed E-state index contributed by atoms with van der Waals surface area (Å²) in [7, 11) is -2.44. The first-order valence-electron chi connectivity index (χ1n) is 16.8. The van der Waals surface area contributed by atoms with Gasteiger partial charge in [-0.1, -0.05) is 12.1 Å². The maximum atomic E-state index is 13.8. The summed E-state index contributed by atoms with van der Waals surface area (Å²) in [6, 6.07) is 17.7. The van der Waals surface area contributed by atoms with Crippen LogP contribution in [0.4, 0.5) is 28.4 Å². The minimum atomic E-state index is -5.27. The molecule has 0 unspecified atom stereocenters. The van der Waals surface area contributed by atoms with Crippen molar-refractivity contribution in [2.75, 3.05) is 30.8 Å². The number of aromatic amines is 1. The molecule has 5 N–H and O–H groups in total. The number of hydrogen-bond donors (Lipinski definition) is 4. The number of Topliss-reactive ketones (excluding diaryl/α,β-unsaturated/α-hetero) is 1. The molecule has 0 saturated heterocycles. The number of ketones is 2. The number of nitrogen functional groups attached to an aromatic ring is 1. The Bertz CT molecular complexity index is 2900. The van der Waals surface area contributed by atoms with Crippen molar-refractivity contribution < 1.29 is 101 Å². The Hall–Kier alpha value is -5.84. The predicted octanol–water partition coefficient (Wildman–Crippen LogP) is -1.83. The van der Waals surface area contributed by atoms with E-state index < -0.39 is 43.8 Å². The van der Waals surface area contributed by atoms with Gasteiger partial charge in [0.15, 0.2) is 5.78 Å². The smallest absolute Gasteiger partial charge is 0.744 e. The molecule has 7 rings (SSSR count). The number of methoxy groups -OCH3 is 2. The fourth-order valence-corrected chi connectivity index (χ4v) is 6.56. The van der Waals surface area contributed by atoms with Gasteiger partial charge in [-0.3, -0.25) is 20.4 Å². The van der Waals surface area contributed by atoms with Gasteiger partial charge in [-0.05, 0) is 96.4 Å². The molecular weight excluding hydrogens is 819 g/mol. The number of nitrogens with zero attached hydrogens (tertiary/aromatic N) is 6. The molecule has 2 aliphatic carbocycles. The number of nitrogens with two attached hydrogens (primary N) is 1. The number of nitrogens with one attached hydrogen (secondary N) is 3. The van der Waals surface area contributed by atoms with Crippen LogP contribution in [0.1, 0.15) is 22.8 Å². The Labute approximate surface area is 384 Å². The van der Waals surface area contributed by atoms with Crippen molar-refractivity contribution in [2.24, 2.45) is 20.4 Å². The first-order chi connectivity index (χ1) is 27.7. The maximum absolute atomic E-state index is 13.8. The summed E-state index contributed by atoms with van der Waals surface area (Å²) in [6.07, 6.45) is 3.26. The van der Waals surface area contributed by atoms with Gasteiger partial charge in [0.1, 0.15) is 44.0 Å². The van der Waals surface area contributed by atoms with Crippen molar-refractivity contribution in [1.29, 1.82) is 0 Å². The molecule has 292 valence electrons. The molecule has 5 aromatic rings. The molecule has 0 radical (unpaired) electrons. The minimum Gasteiger partial charge on any atom is -0.744 e. The Morgan fingerprint density at radius 3 is 2.07 bits per heavy atom. The predicted molar refractivity (Wildman–Crippen MR) is 210 cm³/mol. The van der Waals surface area contributed by atoms with Crippen LogP contribution in [0, 0.1) is 0 Å². The van der Waals surface area contributed by atoms with Gasteiger partial charge in [-0.25, -0.2) is 8.42 Å². The van der Waals surface area contributed by atoms with Crippen LogP contribution < -0.4 is 90.3 Å². The van der Waals surface area contributed by atoms with Crippen LogP contribution in [0.2, 0.25) is 0 Å². The number of fused-ring (bicyclic) bond motifs is 2. The SMILES string of the molecule is COc1cc(-c2ccc(NN=C3C(=O)c4ccc(N)c(N=Nc5ccc6n[nH]nc6c5)c4C=C3S(=O)(=O)[O-])c(OC)c2)ccc1NN=C1C=C(C(=O)[O-])C(=O)C=C1C.[Na+].[Na+]. The van der Waals surface area contributed by atoms with Crippen LogP contribution >= 0.6 is 0 Å². The van der Waals surface area contributed by atoms with E-state index in [4.69, 9.17) is 15.2 Å². The summed E-state index contributed by atoms with van der Waals surface area (Å²) < 4.78 is 48.8. The fraction of sp³-hybridized carbons (Fsp3) is 0.0789. The van der Waals surface area contributed by atoms with Gasteiger partial charge >= 0.3 is 59.1 Å². The number of H-pyrrole nitrogens is 1. The van der Waals surface area contributed by atoms with Gasteiger partial charge < -0.3 is 29.7 Å². The average Bonchev–Trinajstić information content (AvgIpc) is 3.67. The monoisotopic (exact) mass is 846 g/mol. The van der Waals surface area contributed by atoms with Gasteiger partial charge in [0.2, 0.25) is 5.78 Å². The van der Waals surface area contributed by atoms with Crippen LogP contribution in [0.3, 0.4) is 0 Å². The Morgan fingerprint density at radius 2 is 1.45 bits per heavy atom. The first kappa shape index (κ1) is 45.2. The van der Waals surface area contributed by atoms with Crippen LogP contribution in [0.25, 0.3) is 28.2 Å². The summed E-state index contributed by atoms with van der Waals surface area (Å²) in [5.41, 5.74) is 14.5. The number of allylic oxidation sites excluding steroid dienone is 4. The summed E-state index contributed by atoms with van der Waals surface area (Å²) in [5.74, 6) is -2.59. The second-order valence-corrected chi connectivity index (χ2v) is 13.8. The zero-order valence-electron chi connectivity index (χ0n) is 32.4. The first-order valence-corrected chi connectivity index (χ1v) is 18.2. The van der Waals surface area contributed by atoms with E-state index in [-0.39, 0.29) is 98.8 Å². The number of carbonyl (C=O) groups is 3. The molecule has 2 aliphatic rings. The van der Waals surface area contributed by atoms with Gasteiger partial charge in [0.05, 0.1) is 53.6 Å². The minimum absolute atomic E-state index is 0. The molecule has 0 atom stereocenters. The van der Waals surface area contributed by atoms with Crippen LogP contribution in [-0.2, 0) is 19.7 Å². The van der Waals surface area contributed by atoms with Gasteiger partial charge in [0, 0.05) is 16.7 Å². The number of ether oxygens (including phenoxy) is 2. The summed E-state index contributed by atoms with van der Waals surface area (Å²) in [5, 5.41) is 38.5. The third kappa shape index (κ3) is 9.30. The number of carboxylic acids is 1. The Balaban J connectivity index is 0.00000341. The largest absolute Gasteiger partial charge is 1.00 e. The molecule has 4 aromatic carbocycles. The van der Waals surface area contributed by atoms with Gasteiger partial charge in [0.25, 0.3) is 0 Å². The number of aromatic nitrogens is 3. The molecule has 0 spiro atoms. The zero-order valence-corrected chi connectivity index (χ0v) is 37.2. The van der Waals surface area contributed by atoms with Crippen molar-refractivity contribution in [2.45, 2.75) is 6.92 Å². The number of benzene rings is 4. The topological polar surface area (TPSA) is 291 Å². The summed E-state index contributed by atoms with van der Waals surface area (Å²) in [4.78, 5) is 36.2. The number of azo groups is 1. The molecule has 0 bridgehead atoms. The number of carboxylic acid groups (broad SMARTS) is 1. The molecule has 0 amide bonds. The Kier molecular flexibility index (Phi) is 14.0. The number of hydrazone groups is 2. The van der Waals surface area contributed by atoms with Crippen LogP contribution in [0.15, 0.2) is 115 Å². The number of aliphatic carboxylic acids is 1. The fourth-order valence-electron chi connectivity index (χ4n) is 5.93. The van der Waals surface area contributed by atoms with Crippen molar-refractivity contribution in [3.05, 3.63) is 106 Å². The standard InChI is InChI=1S/C38H30N10O9S.2Na/c1-18-12-31(49)24(38(51)52)16-29(18)43-41-27-9-4-19(13-32(27)56-2)20-5-10-28(33(14-20)57-3)42-47-36-34(58(53,54)55)17-23-22(37(36)50)7-8-25(39)35(23)46-40-21-6-11-26-30(15-21)45-48-44-26;;/h4-17,41-42H,39H2,1-3H3,(H,51,52)(H,44,45,48)(H,53,54,55);;/q;2*+1/p-2. The van der Waals surface area contributed by atoms with Crippen LogP contribution in [0.5, 0.6) is 11.5 Å². The third-order valence-corrected chi connectivity index (χ3v) is 9.74. The zero-order chi connectivity index (χ0) is 41.3. The number of anilines is 3. The molecule has 60 heavy (non-hydrogen) atoms. The molecule has 0 fully saturated rings. The number of hydrogen-bond acceptors (Lipinski definition) is 18. The summed E-state index contributed by atoms with van der Waals surface area (Å²) in [6.45, 7) is 1.61. The molecule has 0 aliphatic heterocycles. The quantitative estimate of drug-likeness (QED) is 0.0217. The molecule has 19 nitrogen and oxygen atoms in total. The van der Waals surface area contributed by atoms with Crippen molar-refractivity contribution in [3.8, 4) is 22.6 Å². The van der Waals surface area contributed by atoms with E-state index in [2.05, 4.69) is 46.7 Å². The normalized spacial score (nSPS) is 15.1. The van der Waals surface area contributed by atoms with Crippen molar-refractivity contribution >= 4 is 84.6 Å². The van der Waals surface area contributed by atoms with E-state index >= 15 is 0 Å². The average molecular weight is 847 g/mol. The van der Waals surface area contributed by atoms with Gasteiger partial charge in [-0.15, -0.1) is 5.11 Å². The Morgan fingerprint density at radius 1 is 0.817 bits per heavy atom. The number of carbonyl (C=O) groups excluding carboxylic acids is 3. The second-order valence-electron chi connectivity index (χ2n) is 12.5. The molecular formula is C38H28N10Na2O9S. The molecule has 1 heterocycles. The third-order valence-electron chi connectivity index (χ3n) is 8.89. The summed E-state index contributed by atoms with van der Waals surface area (Å²) >= 11 is 0. The van der Waals surface area contributed by atoms with E-state index in [9.17, 15) is 32.5 Å². The van der Waals surface area contributed by atoms with E-state index in [0.29, 0.717) is 44.9 Å². The van der Waals surface area contributed by atoms with E-state index in [1.807, 2.05) is 0 Å². The van der Waals surface area contributed by atoms with Gasteiger partial charge in [-0.2, -0.15) is 30.7 Å². The van der Waals surface area contributed by atoms with E-state index in [1.54, 1.807) is 61.5 Å². The second kappa shape index (κ2) is 18.6. The van der Waals surface area contributed by atoms with Crippen LogP contribution in [-0.4, -0.2) is 71.6 Å². The van der Waals surface area contributed by atoms with Crippen molar-refractivity contribution in [1.82, 2.24) is 15.4 Å². The molecule has 22 heteroatoms. The number of rotatable bonds is 11. The van der Waals surface area contributed by atoms with E-state index in [0.717, 1.165) is 18.2 Å².